The maximum absolute atomic E-state index is 5.09. The van der Waals surface area contributed by atoms with Crippen molar-refractivity contribution in [3.63, 3.8) is 0 Å². The van der Waals surface area contributed by atoms with Crippen molar-refractivity contribution in [2.75, 3.05) is 6.54 Å². The minimum Gasteiger partial charge on any atom is -0.253 e. The van der Waals surface area contributed by atoms with Crippen LogP contribution in [-0.2, 0) is 0 Å². The molecule has 0 N–H and O–H groups in total. The second-order valence-electron chi connectivity index (χ2n) is 8.01. The number of nitrogens with zero attached hydrogens (tertiary/aromatic N) is 3. The maximum Gasteiger partial charge on any atom is 0.206 e. The molecule has 30 heavy (non-hydrogen) atoms. The largest absolute Gasteiger partial charge is 0.253 e. The fourth-order valence-corrected chi connectivity index (χ4v) is 4.58. The molecule has 1 aromatic heterocycles. The van der Waals surface area contributed by atoms with Gasteiger partial charge in [-0.3, -0.25) is 4.99 Å². The summed E-state index contributed by atoms with van der Waals surface area (Å²) in [6, 6.07) is 19.3. The fraction of sp³-hybridized carbons (Fsp3) is 0.308. The van der Waals surface area contributed by atoms with Gasteiger partial charge in [-0.15, -0.1) is 11.3 Å². The van der Waals surface area contributed by atoms with Crippen molar-refractivity contribution in [3.05, 3.63) is 76.9 Å². The van der Waals surface area contributed by atoms with Crippen LogP contribution in [-0.4, -0.2) is 16.9 Å². The van der Waals surface area contributed by atoms with Crippen LogP contribution in [0.25, 0.3) is 22.4 Å². The second-order valence-corrected chi connectivity index (χ2v) is 8.85. The van der Waals surface area contributed by atoms with Crippen molar-refractivity contribution in [1.82, 2.24) is 4.68 Å². The maximum atomic E-state index is 5.09. The van der Waals surface area contributed by atoms with Crippen LogP contribution < -0.4 is 4.80 Å². The molecule has 4 heteroatoms. The van der Waals surface area contributed by atoms with Crippen LogP contribution in [0.2, 0.25) is 0 Å². The number of aromatic nitrogens is 1. The molecule has 0 bridgehead atoms. The summed E-state index contributed by atoms with van der Waals surface area (Å²) in [4.78, 5) is 5.72. The minimum atomic E-state index is 0.637. The van der Waals surface area contributed by atoms with Crippen LogP contribution in [0.3, 0.4) is 0 Å². The van der Waals surface area contributed by atoms with Crippen molar-refractivity contribution in [2.45, 2.75) is 45.4 Å². The number of thiazole rings is 1. The molecular weight excluding hydrogens is 386 g/mol. The van der Waals surface area contributed by atoms with Crippen LogP contribution >= 0.6 is 11.3 Å². The van der Waals surface area contributed by atoms with Gasteiger partial charge in [0.15, 0.2) is 0 Å². The Morgan fingerprint density at radius 3 is 2.20 bits per heavy atom. The first-order valence-corrected chi connectivity index (χ1v) is 11.7. The van der Waals surface area contributed by atoms with E-state index in [1.165, 1.54) is 48.1 Å². The predicted molar refractivity (Wildman–Crippen MR) is 129 cm³/mol. The molecular formula is C26H29N3S. The van der Waals surface area contributed by atoms with E-state index >= 15 is 0 Å². The van der Waals surface area contributed by atoms with Crippen LogP contribution in [0.4, 0.5) is 0 Å². The summed E-state index contributed by atoms with van der Waals surface area (Å²) in [5.74, 6) is 0. The molecule has 3 aromatic rings. The number of rotatable bonds is 5. The molecule has 0 unspecified atom stereocenters. The van der Waals surface area contributed by atoms with Crippen molar-refractivity contribution < 1.29 is 0 Å². The summed E-state index contributed by atoms with van der Waals surface area (Å²) in [5.41, 5.74) is 7.09. The van der Waals surface area contributed by atoms with E-state index in [1.807, 2.05) is 6.92 Å². The van der Waals surface area contributed by atoms with Gasteiger partial charge >= 0.3 is 0 Å². The van der Waals surface area contributed by atoms with Gasteiger partial charge in [0.25, 0.3) is 0 Å². The van der Waals surface area contributed by atoms with E-state index < -0.39 is 0 Å². The summed E-state index contributed by atoms with van der Waals surface area (Å²) in [5, 5.41) is 7.27. The van der Waals surface area contributed by atoms with Crippen molar-refractivity contribution in [3.8, 4) is 22.4 Å². The summed E-state index contributed by atoms with van der Waals surface area (Å²) in [6.07, 6.45) is 7.29. The lowest BCUT2D eigenvalue weighted by atomic mass is 10.0. The number of hydrogen-bond acceptors (Lipinski definition) is 3. The minimum absolute atomic E-state index is 0.637. The standard InChI is InChI=1S/C26H29N3S/c1-20(2)18-27-26-29(28-24-12-8-3-4-9-13-24)25(19-30-26)23-16-14-22(15-17-23)21-10-6-5-7-11-21/h5-7,10-11,14-17,19H,1,3-4,8-9,12-13,18H2,2H3. The molecule has 1 aliphatic carbocycles. The highest BCUT2D eigenvalue weighted by Crippen LogP contribution is 2.26. The average Bonchev–Trinajstić information content (AvgIpc) is 2.98. The molecule has 1 aliphatic rings. The second kappa shape index (κ2) is 9.86. The third-order valence-electron chi connectivity index (χ3n) is 5.38. The van der Waals surface area contributed by atoms with Crippen molar-refractivity contribution in [2.24, 2.45) is 10.1 Å². The molecule has 154 valence electrons. The van der Waals surface area contributed by atoms with Crippen LogP contribution in [0.15, 0.2) is 82.2 Å². The van der Waals surface area contributed by atoms with Gasteiger partial charge < -0.3 is 0 Å². The van der Waals surface area contributed by atoms with Crippen molar-refractivity contribution in [1.29, 1.82) is 0 Å². The molecule has 0 amide bonds. The zero-order chi connectivity index (χ0) is 20.8. The van der Waals surface area contributed by atoms with E-state index in [0.717, 1.165) is 28.9 Å². The van der Waals surface area contributed by atoms with E-state index in [1.54, 1.807) is 11.3 Å². The van der Waals surface area contributed by atoms with Crippen LogP contribution in [0, 0.1) is 0 Å². The van der Waals surface area contributed by atoms with Crippen LogP contribution in [0.5, 0.6) is 0 Å². The lowest BCUT2D eigenvalue weighted by Crippen LogP contribution is -2.15. The van der Waals surface area contributed by atoms with E-state index in [-0.39, 0.29) is 0 Å². The molecule has 0 atom stereocenters. The fourth-order valence-electron chi connectivity index (χ4n) is 3.75. The zero-order valence-corrected chi connectivity index (χ0v) is 18.5. The van der Waals surface area contributed by atoms with Gasteiger partial charge in [-0.2, -0.15) is 5.10 Å². The summed E-state index contributed by atoms with van der Waals surface area (Å²) < 4.78 is 2.06. The smallest absolute Gasteiger partial charge is 0.206 e. The summed E-state index contributed by atoms with van der Waals surface area (Å²) in [7, 11) is 0. The Hall–Kier alpha value is -2.72. The third-order valence-corrected chi connectivity index (χ3v) is 6.23. The van der Waals surface area contributed by atoms with Gasteiger partial charge in [0.05, 0.1) is 12.2 Å². The highest BCUT2D eigenvalue weighted by atomic mass is 32.1. The Balaban J connectivity index is 1.73. The molecule has 4 rings (SSSR count). The molecule has 2 aromatic carbocycles. The topological polar surface area (TPSA) is 29.6 Å². The van der Waals surface area contributed by atoms with Crippen molar-refractivity contribution >= 4 is 17.0 Å². The predicted octanol–water partition coefficient (Wildman–Crippen LogP) is 6.92. The Labute approximate surface area is 183 Å². The Morgan fingerprint density at radius 1 is 0.900 bits per heavy atom. The first-order valence-electron chi connectivity index (χ1n) is 10.8. The zero-order valence-electron chi connectivity index (χ0n) is 17.7. The molecule has 1 heterocycles. The Kier molecular flexibility index (Phi) is 6.75. The van der Waals surface area contributed by atoms with Gasteiger partial charge in [-0.25, -0.2) is 4.68 Å². The number of benzene rings is 2. The van der Waals surface area contributed by atoms with E-state index in [9.17, 15) is 0 Å². The first-order chi connectivity index (χ1) is 14.7. The molecule has 0 saturated heterocycles. The average molecular weight is 416 g/mol. The van der Waals surface area contributed by atoms with Gasteiger partial charge in [0.2, 0.25) is 4.80 Å². The Bertz CT molecular complexity index is 1080. The molecule has 3 nitrogen and oxygen atoms in total. The van der Waals surface area contributed by atoms with Gasteiger partial charge in [0, 0.05) is 16.7 Å². The third kappa shape index (κ3) is 5.06. The van der Waals surface area contributed by atoms with E-state index in [2.05, 4.69) is 71.2 Å². The molecule has 0 radical (unpaired) electrons. The highest BCUT2D eigenvalue weighted by molar-refractivity contribution is 7.07. The molecule has 1 fully saturated rings. The van der Waals surface area contributed by atoms with Gasteiger partial charge in [-0.1, -0.05) is 79.6 Å². The van der Waals surface area contributed by atoms with Gasteiger partial charge in [-0.05, 0) is 43.7 Å². The monoisotopic (exact) mass is 415 g/mol. The lowest BCUT2D eigenvalue weighted by molar-refractivity contribution is 0.702. The molecule has 0 spiro atoms. The van der Waals surface area contributed by atoms with E-state index in [4.69, 9.17) is 10.1 Å². The quantitative estimate of drug-likeness (QED) is 0.320. The summed E-state index contributed by atoms with van der Waals surface area (Å²) in [6.45, 7) is 6.65. The van der Waals surface area contributed by atoms with E-state index in [0.29, 0.717) is 6.54 Å². The molecule has 1 saturated carbocycles. The SMILES string of the molecule is C=C(C)CN=c1scc(-c2ccc(-c3ccccc3)cc2)n1N=C1CCCCCC1. The highest BCUT2D eigenvalue weighted by Gasteiger charge is 2.11. The Morgan fingerprint density at radius 2 is 1.53 bits per heavy atom. The van der Waals surface area contributed by atoms with Gasteiger partial charge in [0.1, 0.15) is 0 Å². The molecule has 0 aliphatic heterocycles. The summed E-state index contributed by atoms with van der Waals surface area (Å²) >= 11 is 1.66. The first kappa shape index (κ1) is 20.5. The normalized spacial score (nSPS) is 15.1. The van der Waals surface area contributed by atoms with Crippen LogP contribution in [0.1, 0.15) is 45.4 Å². The number of hydrogen-bond donors (Lipinski definition) is 0. The lowest BCUT2D eigenvalue weighted by Gasteiger charge is -2.08.